The molecule has 0 bridgehead atoms. The largest absolute Gasteiger partial charge is 0.393 e. The lowest BCUT2D eigenvalue weighted by molar-refractivity contribution is 0.0210. The van der Waals surface area contributed by atoms with E-state index in [1.165, 1.54) is 0 Å². The Morgan fingerprint density at radius 3 is 2.28 bits per heavy atom. The van der Waals surface area contributed by atoms with E-state index in [2.05, 4.69) is 6.92 Å². The third kappa shape index (κ3) is 3.93. The predicted molar refractivity (Wildman–Crippen MR) is 72.2 cm³/mol. The van der Waals surface area contributed by atoms with Gasteiger partial charge in [-0.25, -0.2) is 8.42 Å². The molecule has 0 aromatic rings. The summed E-state index contributed by atoms with van der Waals surface area (Å²) in [7, 11) is -2.92. The third-order valence-corrected chi connectivity index (χ3v) is 5.95. The summed E-state index contributed by atoms with van der Waals surface area (Å²) in [5, 5.41) is 10.2. The molecule has 18 heavy (non-hydrogen) atoms. The molecule has 4 nitrogen and oxygen atoms in total. The van der Waals surface area contributed by atoms with Gasteiger partial charge in [-0.05, 0) is 32.6 Å². The van der Waals surface area contributed by atoms with Crippen LogP contribution in [0.2, 0.25) is 0 Å². The fraction of sp³-hybridized carbons (Fsp3) is 1.00. The van der Waals surface area contributed by atoms with E-state index in [4.69, 9.17) is 4.74 Å². The van der Waals surface area contributed by atoms with Crippen molar-refractivity contribution in [1.29, 1.82) is 0 Å². The zero-order valence-electron chi connectivity index (χ0n) is 11.8. The molecule has 1 aliphatic heterocycles. The zero-order valence-corrected chi connectivity index (χ0v) is 12.6. The normalized spacial score (nSPS) is 34.7. The van der Waals surface area contributed by atoms with Crippen molar-refractivity contribution in [2.24, 2.45) is 11.8 Å². The second-order valence-corrected chi connectivity index (χ2v) is 7.90. The highest BCUT2D eigenvalue weighted by molar-refractivity contribution is 7.91. The summed E-state index contributed by atoms with van der Waals surface area (Å²) in [4.78, 5) is 0. The van der Waals surface area contributed by atoms with Crippen LogP contribution in [0.1, 0.15) is 40.5 Å². The van der Waals surface area contributed by atoms with Gasteiger partial charge in [-0.15, -0.1) is 0 Å². The first-order valence-corrected chi connectivity index (χ1v) is 8.64. The van der Waals surface area contributed by atoms with Gasteiger partial charge < -0.3 is 9.84 Å². The third-order valence-electron chi connectivity index (χ3n) is 4.16. The Morgan fingerprint density at radius 2 is 1.83 bits per heavy atom. The molecule has 0 radical (unpaired) electrons. The van der Waals surface area contributed by atoms with E-state index in [1.54, 1.807) is 6.92 Å². The summed E-state index contributed by atoms with van der Waals surface area (Å²) in [5.74, 6) is 0.786. The maximum absolute atomic E-state index is 11.4. The molecule has 0 aromatic carbocycles. The molecule has 5 atom stereocenters. The molecule has 1 heterocycles. The Balaban J connectivity index is 2.44. The first kappa shape index (κ1) is 15.9. The van der Waals surface area contributed by atoms with Crippen molar-refractivity contribution < 1.29 is 18.3 Å². The van der Waals surface area contributed by atoms with Gasteiger partial charge in [0.15, 0.2) is 0 Å². The first-order chi connectivity index (χ1) is 8.28. The van der Waals surface area contributed by atoms with Crippen molar-refractivity contribution in [1.82, 2.24) is 0 Å². The maximum atomic E-state index is 11.4. The van der Waals surface area contributed by atoms with E-state index in [-0.39, 0.29) is 29.6 Å². The molecule has 0 aliphatic carbocycles. The fourth-order valence-electron chi connectivity index (χ4n) is 2.81. The lowest BCUT2D eigenvalue weighted by atomic mass is 9.83. The number of sulfone groups is 1. The number of ether oxygens (including phenoxy) is 1. The summed E-state index contributed by atoms with van der Waals surface area (Å²) in [6.07, 6.45) is 0.815. The van der Waals surface area contributed by atoms with Crippen LogP contribution < -0.4 is 0 Å². The second kappa shape index (κ2) is 6.35. The molecule has 0 saturated carbocycles. The van der Waals surface area contributed by atoms with Crippen molar-refractivity contribution in [3.05, 3.63) is 0 Å². The Morgan fingerprint density at radius 1 is 1.22 bits per heavy atom. The molecule has 0 spiro atoms. The standard InChI is InChI=1S/C13H26O4S/c1-5-18(15,16)8-6-7-12(14)13-9(2)10(3)17-11(13)4/h9-14H,5-8H2,1-4H3. The number of aliphatic hydroxyl groups excluding tert-OH is 1. The minimum Gasteiger partial charge on any atom is -0.393 e. The Kier molecular flexibility index (Phi) is 5.62. The topological polar surface area (TPSA) is 63.6 Å². The van der Waals surface area contributed by atoms with Crippen LogP contribution in [0.4, 0.5) is 0 Å². The molecule has 5 unspecified atom stereocenters. The molecule has 0 aromatic heterocycles. The second-order valence-electron chi connectivity index (χ2n) is 5.43. The van der Waals surface area contributed by atoms with E-state index < -0.39 is 15.9 Å². The molecule has 1 rings (SSSR count). The van der Waals surface area contributed by atoms with Gasteiger partial charge in [0.25, 0.3) is 0 Å². The van der Waals surface area contributed by atoms with Gasteiger partial charge in [0.2, 0.25) is 0 Å². The highest BCUT2D eigenvalue weighted by atomic mass is 32.2. The summed E-state index contributed by atoms with van der Waals surface area (Å²) < 4.78 is 28.5. The molecule has 108 valence electrons. The quantitative estimate of drug-likeness (QED) is 0.802. The molecular weight excluding hydrogens is 252 g/mol. The molecule has 1 fully saturated rings. The highest BCUT2D eigenvalue weighted by Gasteiger charge is 2.40. The van der Waals surface area contributed by atoms with E-state index in [0.717, 1.165) is 0 Å². The highest BCUT2D eigenvalue weighted by Crippen LogP contribution is 2.35. The molecule has 0 amide bonds. The van der Waals surface area contributed by atoms with Crippen LogP contribution in [-0.4, -0.2) is 43.3 Å². The zero-order chi connectivity index (χ0) is 13.9. The van der Waals surface area contributed by atoms with Gasteiger partial charge >= 0.3 is 0 Å². The minimum atomic E-state index is -2.92. The number of rotatable bonds is 6. The van der Waals surface area contributed by atoms with Crippen LogP contribution in [0.25, 0.3) is 0 Å². The van der Waals surface area contributed by atoms with Gasteiger partial charge in [0.05, 0.1) is 24.1 Å². The molecule has 1 N–H and O–H groups in total. The van der Waals surface area contributed by atoms with E-state index in [1.807, 2.05) is 13.8 Å². The Hall–Kier alpha value is -0.130. The number of aliphatic hydroxyl groups is 1. The average molecular weight is 278 g/mol. The van der Waals surface area contributed by atoms with Crippen molar-refractivity contribution >= 4 is 9.84 Å². The lowest BCUT2D eigenvalue weighted by Crippen LogP contribution is -2.31. The van der Waals surface area contributed by atoms with Gasteiger partial charge in [-0.3, -0.25) is 0 Å². The van der Waals surface area contributed by atoms with Gasteiger partial charge in [0, 0.05) is 11.7 Å². The summed E-state index contributed by atoms with van der Waals surface area (Å²) in [6.45, 7) is 7.75. The number of hydrogen-bond donors (Lipinski definition) is 1. The lowest BCUT2D eigenvalue weighted by Gasteiger charge is -2.24. The van der Waals surface area contributed by atoms with Crippen molar-refractivity contribution in [2.75, 3.05) is 11.5 Å². The SMILES string of the molecule is CCS(=O)(=O)CCCC(O)C1C(C)OC(C)C1C. The minimum absolute atomic E-state index is 0.0489. The monoisotopic (exact) mass is 278 g/mol. The summed E-state index contributed by atoms with van der Waals surface area (Å²) in [6, 6.07) is 0. The van der Waals surface area contributed by atoms with Gasteiger partial charge in [0.1, 0.15) is 9.84 Å². The van der Waals surface area contributed by atoms with Crippen LogP contribution in [0, 0.1) is 11.8 Å². The Labute approximate surface area is 111 Å². The number of hydrogen-bond acceptors (Lipinski definition) is 4. The molecular formula is C13H26O4S. The van der Waals surface area contributed by atoms with E-state index in [0.29, 0.717) is 18.8 Å². The van der Waals surface area contributed by atoms with Gasteiger partial charge in [-0.2, -0.15) is 0 Å². The van der Waals surface area contributed by atoms with Crippen LogP contribution in [0.15, 0.2) is 0 Å². The average Bonchev–Trinajstić information content (AvgIpc) is 2.53. The van der Waals surface area contributed by atoms with Crippen LogP contribution in [-0.2, 0) is 14.6 Å². The summed E-state index contributed by atoms with van der Waals surface area (Å²) in [5.41, 5.74) is 0. The smallest absolute Gasteiger partial charge is 0.150 e. The maximum Gasteiger partial charge on any atom is 0.150 e. The first-order valence-electron chi connectivity index (χ1n) is 6.82. The van der Waals surface area contributed by atoms with Crippen LogP contribution in [0.3, 0.4) is 0 Å². The molecule has 1 aliphatic rings. The predicted octanol–water partition coefficient (Wildman–Crippen LogP) is 1.62. The van der Waals surface area contributed by atoms with Crippen molar-refractivity contribution in [3.63, 3.8) is 0 Å². The Bertz CT molecular complexity index is 352. The van der Waals surface area contributed by atoms with Crippen molar-refractivity contribution in [2.45, 2.75) is 58.8 Å². The van der Waals surface area contributed by atoms with Crippen LogP contribution in [0.5, 0.6) is 0 Å². The van der Waals surface area contributed by atoms with Crippen molar-refractivity contribution in [3.8, 4) is 0 Å². The summed E-state index contributed by atoms with van der Waals surface area (Å²) >= 11 is 0. The van der Waals surface area contributed by atoms with E-state index in [9.17, 15) is 13.5 Å². The molecule has 1 saturated heterocycles. The molecule has 5 heteroatoms. The van der Waals surface area contributed by atoms with Gasteiger partial charge in [-0.1, -0.05) is 13.8 Å². The van der Waals surface area contributed by atoms with Crippen LogP contribution >= 0.6 is 0 Å². The van der Waals surface area contributed by atoms with E-state index >= 15 is 0 Å². The fourth-order valence-corrected chi connectivity index (χ4v) is 3.70.